The first-order chi connectivity index (χ1) is 9.50. The molecule has 2 rings (SSSR count). The van der Waals surface area contributed by atoms with E-state index in [1.54, 1.807) is 0 Å². The third-order valence-electron chi connectivity index (χ3n) is 4.20. The van der Waals surface area contributed by atoms with Crippen LogP contribution in [-0.4, -0.2) is 23.9 Å². The fourth-order valence-electron chi connectivity index (χ4n) is 3.15. The van der Waals surface area contributed by atoms with Gasteiger partial charge in [0.05, 0.1) is 12.1 Å². The van der Waals surface area contributed by atoms with Crippen molar-refractivity contribution in [1.82, 2.24) is 4.90 Å². The number of amides is 1. The molecule has 1 aliphatic carbocycles. The van der Waals surface area contributed by atoms with E-state index < -0.39 is 0 Å². The van der Waals surface area contributed by atoms with E-state index in [0.717, 1.165) is 25.7 Å². The van der Waals surface area contributed by atoms with Crippen molar-refractivity contribution in [2.24, 2.45) is 11.7 Å². The predicted molar refractivity (Wildman–Crippen MR) is 82.3 cm³/mol. The van der Waals surface area contributed by atoms with Gasteiger partial charge in [0.25, 0.3) is 0 Å². The zero-order chi connectivity index (χ0) is 14.7. The molecule has 1 amide bonds. The largest absolute Gasteiger partial charge is 0.337 e. The molecule has 0 saturated carbocycles. The van der Waals surface area contributed by atoms with E-state index in [0.29, 0.717) is 5.92 Å². The minimum atomic E-state index is -0.380. The van der Waals surface area contributed by atoms with Crippen LogP contribution in [0.4, 0.5) is 0 Å². The van der Waals surface area contributed by atoms with Crippen molar-refractivity contribution in [2.75, 3.05) is 7.05 Å². The number of likely N-dealkylation sites (N-methyl/N-ethyl adjacent to an activating group) is 1. The first kappa shape index (κ1) is 15.0. The fraction of sp³-hybridized carbons (Fsp3) is 0.588. The Bertz CT molecular complexity index is 470. The highest BCUT2D eigenvalue weighted by Crippen LogP contribution is 2.33. The standard InChI is InChI=1S/C17H26N2O/c1-12(2)11-15(18)17(20)19(3)16-10-6-8-13-7-4-5-9-14(13)16/h4-5,7,9,12,15-16H,6,8,10-11,18H2,1-3H3/t15-,16?/m0/s1. The summed E-state index contributed by atoms with van der Waals surface area (Å²) < 4.78 is 0. The molecular formula is C17H26N2O. The van der Waals surface area contributed by atoms with Crippen LogP contribution in [0.2, 0.25) is 0 Å². The number of rotatable bonds is 4. The molecule has 3 nitrogen and oxygen atoms in total. The zero-order valence-electron chi connectivity index (χ0n) is 12.8. The topological polar surface area (TPSA) is 46.3 Å². The number of carbonyl (C=O) groups excluding carboxylic acids is 1. The predicted octanol–water partition coefficient (Wildman–Crippen LogP) is 2.90. The van der Waals surface area contributed by atoms with Gasteiger partial charge in [-0.25, -0.2) is 0 Å². The van der Waals surface area contributed by atoms with Crippen molar-refractivity contribution in [3.63, 3.8) is 0 Å². The smallest absolute Gasteiger partial charge is 0.239 e. The minimum absolute atomic E-state index is 0.0698. The summed E-state index contributed by atoms with van der Waals surface area (Å²) in [5.74, 6) is 0.515. The second kappa shape index (κ2) is 6.40. The van der Waals surface area contributed by atoms with Crippen LogP contribution in [0.5, 0.6) is 0 Å². The maximum atomic E-state index is 12.5. The summed E-state index contributed by atoms with van der Waals surface area (Å²) in [7, 11) is 1.90. The highest BCUT2D eigenvalue weighted by molar-refractivity contribution is 5.82. The molecule has 3 heteroatoms. The van der Waals surface area contributed by atoms with Gasteiger partial charge in [-0.15, -0.1) is 0 Å². The number of aryl methyl sites for hydroxylation is 1. The Morgan fingerprint density at radius 3 is 2.80 bits per heavy atom. The fourth-order valence-corrected chi connectivity index (χ4v) is 3.15. The lowest BCUT2D eigenvalue weighted by atomic mass is 9.86. The van der Waals surface area contributed by atoms with Gasteiger partial charge < -0.3 is 10.6 Å². The number of fused-ring (bicyclic) bond motifs is 1. The van der Waals surface area contributed by atoms with Crippen LogP contribution in [-0.2, 0) is 11.2 Å². The van der Waals surface area contributed by atoms with E-state index >= 15 is 0 Å². The third kappa shape index (κ3) is 3.21. The van der Waals surface area contributed by atoms with Crippen LogP contribution in [0.3, 0.4) is 0 Å². The Balaban J connectivity index is 2.14. The van der Waals surface area contributed by atoms with Crippen molar-refractivity contribution in [3.8, 4) is 0 Å². The van der Waals surface area contributed by atoms with Gasteiger partial charge in [0.2, 0.25) is 5.91 Å². The van der Waals surface area contributed by atoms with Gasteiger partial charge in [-0.2, -0.15) is 0 Å². The molecular weight excluding hydrogens is 248 g/mol. The Kier molecular flexibility index (Phi) is 4.81. The van der Waals surface area contributed by atoms with Gasteiger partial charge in [-0.1, -0.05) is 38.1 Å². The maximum absolute atomic E-state index is 12.5. The number of nitrogens with two attached hydrogens (primary N) is 1. The highest BCUT2D eigenvalue weighted by atomic mass is 16.2. The van der Waals surface area contributed by atoms with E-state index in [-0.39, 0.29) is 18.0 Å². The Morgan fingerprint density at radius 1 is 1.40 bits per heavy atom. The van der Waals surface area contributed by atoms with Gasteiger partial charge in [-0.3, -0.25) is 4.79 Å². The number of carbonyl (C=O) groups is 1. The normalized spacial score (nSPS) is 19.6. The van der Waals surface area contributed by atoms with Crippen molar-refractivity contribution in [1.29, 1.82) is 0 Å². The summed E-state index contributed by atoms with van der Waals surface area (Å²) in [4.78, 5) is 14.4. The van der Waals surface area contributed by atoms with E-state index in [9.17, 15) is 4.79 Å². The van der Waals surface area contributed by atoms with E-state index in [4.69, 9.17) is 5.73 Å². The third-order valence-corrected chi connectivity index (χ3v) is 4.20. The summed E-state index contributed by atoms with van der Waals surface area (Å²) in [6, 6.07) is 8.27. The molecule has 2 atom stereocenters. The van der Waals surface area contributed by atoms with Gasteiger partial charge in [0.1, 0.15) is 0 Å². The number of hydrogen-bond donors (Lipinski definition) is 1. The average Bonchev–Trinajstić information content (AvgIpc) is 2.44. The molecule has 110 valence electrons. The molecule has 1 aliphatic rings. The van der Waals surface area contributed by atoms with Crippen molar-refractivity contribution in [3.05, 3.63) is 35.4 Å². The summed E-state index contributed by atoms with van der Waals surface area (Å²) in [6.07, 6.45) is 4.04. The molecule has 1 unspecified atom stereocenters. The van der Waals surface area contributed by atoms with Crippen LogP contribution in [0.25, 0.3) is 0 Å². The Hall–Kier alpha value is -1.35. The molecule has 0 spiro atoms. The van der Waals surface area contributed by atoms with Gasteiger partial charge in [0.15, 0.2) is 0 Å². The second-order valence-corrected chi connectivity index (χ2v) is 6.29. The van der Waals surface area contributed by atoms with Crippen LogP contribution < -0.4 is 5.73 Å². The van der Waals surface area contributed by atoms with Gasteiger partial charge in [-0.05, 0) is 42.7 Å². The first-order valence-corrected chi connectivity index (χ1v) is 7.60. The molecule has 0 heterocycles. The summed E-state index contributed by atoms with van der Waals surface area (Å²) in [5, 5.41) is 0. The maximum Gasteiger partial charge on any atom is 0.239 e. The number of benzene rings is 1. The van der Waals surface area contributed by atoms with E-state index in [1.807, 2.05) is 11.9 Å². The van der Waals surface area contributed by atoms with Crippen molar-refractivity contribution < 1.29 is 4.79 Å². The summed E-state index contributed by atoms with van der Waals surface area (Å²) >= 11 is 0. The molecule has 20 heavy (non-hydrogen) atoms. The highest BCUT2D eigenvalue weighted by Gasteiger charge is 2.29. The van der Waals surface area contributed by atoms with Crippen molar-refractivity contribution >= 4 is 5.91 Å². The lowest BCUT2D eigenvalue weighted by molar-refractivity contribution is -0.134. The molecule has 2 N–H and O–H groups in total. The van der Waals surface area contributed by atoms with Crippen LogP contribution >= 0.6 is 0 Å². The molecule has 0 bridgehead atoms. The van der Waals surface area contributed by atoms with Gasteiger partial charge in [0, 0.05) is 7.05 Å². The van der Waals surface area contributed by atoms with E-state index in [1.165, 1.54) is 11.1 Å². The molecule has 0 saturated heterocycles. The van der Waals surface area contributed by atoms with Crippen molar-refractivity contribution in [2.45, 2.75) is 51.6 Å². The Labute approximate surface area is 122 Å². The molecule has 0 radical (unpaired) electrons. The molecule has 0 aliphatic heterocycles. The molecule has 1 aromatic rings. The van der Waals surface area contributed by atoms with E-state index in [2.05, 4.69) is 38.1 Å². The minimum Gasteiger partial charge on any atom is -0.337 e. The van der Waals surface area contributed by atoms with Gasteiger partial charge >= 0.3 is 0 Å². The SMILES string of the molecule is CC(C)C[C@H](N)C(=O)N(C)C1CCCc2ccccc21. The zero-order valence-corrected chi connectivity index (χ0v) is 12.8. The summed E-state index contributed by atoms with van der Waals surface area (Å²) in [6.45, 7) is 4.20. The number of hydrogen-bond acceptors (Lipinski definition) is 2. The quantitative estimate of drug-likeness (QED) is 0.917. The lowest BCUT2D eigenvalue weighted by Gasteiger charge is -2.35. The molecule has 1 aromatic carbocycles. The number of nitrogens with zero attached hydrogens (tertiary/aromatic N) is 1. The first-order valence-electron chi connectivity index (χ1n) is 7.60. The lowest BCUT2D eigenvalue weighted by Crippen LogP contribution is -2.44. The summed E-state index contributed by atoms with van der Waals surface area (Å²) in [5.41, 5.74) is 8.73. The molecule has 0 aromatic heterocycles. The van der Waals surface area contributed by atoms with Crippen LogP contribution in [0.1, 0.15) is 50.3 Å². The second-order valence-electron chi connectivity index (χ2n) is 6.29. The van der Waals surface area contributed by atoms with Crippen LogP contribution in [0.15, 0.2) is 24.3 Å². The molecule has 0 fully saturated rings. The van der Waals surface area contributed by atoms with Crippen LogP contribution in [0, 0.1) is 5.92 Å². The Morgan fingerprint density at radius 2 is 2.10 bits per heavy atom. The average molecular weight is 274 g/mol. The monoisotopic (exact) mass is 274 g/mol.